The van der Waals surface area contributed by atoms with Gasteiger partial charge in [0, 0.05) is 6.08 Å². The Balaban J connectivity index is -0.0000000910. The van der Waals surface area contributed by atoms with Crippen LogP contribution >= 0.6 is 0 Å². The van der Waals surface area contributed by atoms with Gasteiger partial charge in [0.25, 0.3) is 0 Å². The lowest BCUT2D eigenvalue weighted by Crippen LogP contribution is -1.99. The van der Waals surface area contributed by atoms with Crippen LogP contribution in [0.4, 0.5) is 0 Å². The Morgan fingerprint density at radius 3 is 1.60 bits per heavy atom. The molecule has 62 valence electrons. The Kier molecular flexibility index (Phi) is 17.7. The number of carboxylic acids is 1. The Labute approximate surface area is 61.7 Å². The maximum atomic E-state index is 9.25. The van der Waals surface area contributed by atoms with E-state index in [2.05, 4.69) is 6.58 Å². The lowest BCUT2D eigenvalue weighted by molar-refractivity contribution is -0.131. The van der Waals surface area contributed by atoms with Crippen molar-refractivity contribution in [2.75, 3.05) is 21.1 Å². The fraction of sp³-hybridized carbons (Fsp3) is 0.500. The van der Waals surface area contributed by atoms with Crippen LogP contribution in [0, 0.1) is 0 Å². The van der Waals surface area contributed by atoms with Crippen LogP contribution in [0.25, 0.3) is 0 Å². The van der Waals surface area contributed by atoms with Crippen molar-refractivity contribution in [3.05, 3.63) is 12.7 Å². The van der Waals surface area contributed by atoms with Crippen molar-refractivity contribution in [3.63, 3.8) is 0 Å². The normalized spacial score (nSPS) is 6.80. The van der Waals surface area contributed by atoms with Gasteiger partial charge in [0.2, 0.25) is 0 Å². The average Bonchev–Trinajstić information content (AvgIpc) is 1.65. The Bertz CT molecular complexity index is 89.0. The van der Waals surface area contributed by atoms with Crippen LogP contribution in [0.3, 0.4) is 0 Å². The molecule has 0 rings (SSSR count). The van der Waals surface area contributed by atoms with Crippen LogP contribution < -0.4 is 6.15 Å². The van der Waals surface area contributed by atoms with Crippen molar-refractivity contribution in [1.29, 1.82) is 0 Å². The standard InChI is InChI=1S/C3H9N.C3H4O2.H3N/c1-4(2)3;1-2-3(4)5;/h1-3H3;2H,1H2,(H,4,5);1H3. The zero-order valence-corrected chi connectivity index (χ0v) is 6.79. The van der Waals surface area contributed by atoms with Crippen LogP contribution in [-0.4, -0.2) is 37.1 Å². The fourth-order valence-corrected chi connectivity index (χ4v) is 0. The van der Waals surface area contributed by atoms with Crippen LogP contribution in [0.5, 0.6) is 0 Å². The van der Waals surface area contributed by atoms with Gasteiger partial charge in [0.15, 0.2) is 0 Å². The maximum absolute atomic E-state index is 9.25. The molecular weight excluding hydrogens is 132 g/mol. The Morgan fingerprint density at radius 1 is 1.50 bits per heavy atom. The van der Waals surface area contributed by atoms with E-state index in [4.69, 9.17) is 5.11 Å². The van der Waals surface area contributed by atoms with Gasteiger partial charge in [-0.25, -0.2) is 4.79 Å². The molecule has 0 saturated carbocycles. The fourth-order valence-electron chi connectivity index (χ4n) is 0. The van der Waals surface area contributed by atoms with E-state index in [0.29, 0.717) is 0 Å². The molecule has 4 nitrogen and oxygen atoms in total. The summed E-state index contributed by atoms with van der Waals surface area (Å²) in [6.45, 7) is 2.96. The molecule has 0 saturated heterocycles. The van der Waals surface area contributed by atoms with Crippen LogP contribution in [-0.2, 0) is 4.79 Å². The molecule has 0 aromatic carbocycles. The smallest absolute Gasteiger partial charge is 0.327 e. The third kappa shape index (κ3) is 210. The average molecular weight is 148 g/mol. The Morgan fingerprint density at radius 2 is 1.60 bits per heavy atom. The van der Waals surface area contributed by atoms with Crippen molar-refractivity contribution in [2.45, 2.75) is 0 Å². The molecule has 0 heterocycles. The van der Waals surface area contributed by atoms with E-state index in [1.807, 2.05) is 26.0 Å². The number of nitrogens with zero attached hydrogens (tertiary/aromatic N) is 1. The summed E-state index contributed by atoms with van der Waals surface area (Å²) in [6, 6.07) is 0. The summed E-state index contributed by atoms with van der Waals surface area (Å²) in [6.07, 6.45) is 0.833. The van der Waals surface area contributed by atoms with Gasteiger partial charge in [-0.2, -0.15) is 0 Å². The van der Waals surface area contributed by atoms with E-state index >= 15 is 0 Å². The predicted octanol–water partition coefficient (Wildman–Crippen LogP) is 0.597. The molecule has 0 aromatic rings. The first-order valence-electron chi connectivity index (χ1n) is 2.47. The lowest BCUT2D eigenvalue weighted by atomic mass is 10.7. The number of carbonyl (C=O) groups is 1. The maximum Gasteiger partial charge on any atom is 0.327 e. The summed E-state index contributed by atoms with van der Waals surface area (Å²) in [7, 11) is 6.00. The highest BCUT2D eigenvalue weighted by atomic mass is 16.4. The molecule has 0 aliphatic rings. The van der Waals surface area contributed by atoms with Gasteiger partial charge in [-0.3, -0.25) is 0 Å². The van der Waals surface area contributed by atoms with E-state index in [9.17, 15) is 4.79 Å². The first kappa shape index (κ1) is 16.1. The molecule has 10 heavy (non-hydrogen) atoms. The third-order valence-electron chi connectivity index (χ3n) is 0.175. The summed E-state index contributed by atoms with van der Waals surface area (Å²) < 4.78 is 0. The molecule has 0 unspecified atom stereocenters. The van der Waals surface area contributed by atoms with E-state index in [0.717, 1.165) is 6.08 Å². The zero-order valence-electron chi connectivity index (χ0n) is 6.79. The second-order valence-electron chi connectivity index (χ2n) is 1.88. The van der Waals surface area contributed by atoms with Gasteiger partial charge >= 0.3 is 5.97 Å². The number of hydrogen-bond donors (Lipinski definition) is 2. The summed E-state index contributed by atoms with van der Waals surface area (Å²) in [4.78, 5) is 11.2. The minimum Gasteiger partial charge on any atom is -0.478 e. The lowest BCUT2D eigenvalue weighted by Gasteiger charge is -1.90. The van der Waals surface area contributed by atoms with Gasteiger partial charge in [-0.05, 0) is 21.1 Å². The predicted molar refractivity (Wildman–Crippen MR) is 42.5 cm³/mol. The highest BCUT2D eigenvalue weighted by Gasteiger charge is 1.73. The van der Waals surface area contributed by atoms with Crippen molar-refractivity contribution in [3.8, 4) is 0 Å². The SMILES string of the molecule is C=CC(=O)O.CN(C)C.N. The monoisotopic (exact) mass is 148 g/mol. The summed E-state index contributed by atoms with van der Waals surface area (Å²) in [5.74, 6) is -0.981. The molecule has 0 aliphatic carbocycles. The number of hydrogen-bond acceptors (Lipinski definition) is 3. The minimum absolute atomic E-state index is 0. The first-order chi connectivity index (χ1) is 4.00. The first-order valence-corrected chi connectivity index (χ1v) is 2.47. The summed E-state index contributed by atoms with van der Waals surface area (Å²) in [5.41, 5.74) is 0. The van der Waals surface area contributed by atoms with E-state index in [1.54, 1.807) is 0 Å². The quantitative estimate of drug-likeness (QED) is 0.534. The largest absolute Gasteiger partial charge is 0.478 e. The molecule has 0 fully saturated rings. The number of rotatable bonds is 1. The van der Waals surface area contributed by atoms with Crippen molar-refractivity contribution in [1.82, 2.24) is 11.1 Å². The molecule has 4 N–H and O–H groups in total. The molecule has 4 heteroatoms. The van der Waals surface area contributed by atoms with Gasteiger partial charge < -0.3 is 16.2 Å². The molecule has 0 aromatic heterocycles. The molecule has 0 atom stereocenters. The molecule has 0 bridgehead atoms. The van der Waals surface area contributed by atoms with Crippen LogP contribution in [0.2, 0.25) is 0 Å². The van der Waals surface area contributed by atoms with E-state index in [1.165, 1.54) is 0 Å². The number of aliphatic carboxylic acids is 1. The summed E-state index contributed by atoms with van der Waals surface area (Å²) in [5, 5.41) is 7.60. The van der Waals surface area contributed by atoms with Crippen LogP contribution in [0.1, 0.15) is 0 Å². The van der Waals surface area contributed by atoms with Crippen molar-refractivity contribution >= 4 is 5.97 Å². The molecule has 0 aliphatic heterocycles. The molecule has 0 amide bonds. The molecule has 0 radical (unpaired) electrons. The highest BCUT2D eigenvalue weighted by Crippen LogP contribution is 1.54. The zero-order chi connectivity index (χ0) is 7.86. The molecular formula is C6H16N2O2. The van der Waals surface area contributed by atoms with Crippen molar-refractivity contribution < 1.29 is 9.90 Å². The van der Waals surface area contributed by atoms with Gasteiger partial charge in [0.1, 0.15) is 0 Å². The second kappa shape index (κ2) is 11.0. The minimum atomic E-state index is -0.981. The van der Waals surface area contributed by atoms with E-state index in [-0.39, 0.29) is 6.15 Å². The third-order valence-corrected chi connectivity index (χ3v) is 0.175. The highest BCUT2D eigenvalue weighted by molar-refractivity contribution is 5.78. The van der Waals surface area contributed by atoms with Gasteiger partial charge in [0.05, 0.1) is 0 Å². The second-order valence-corrected chi connectivity index (χ2v) is 1.88. The topological polar surface area (TPSA) is 75.5 Å². The van der Waals surface area contributed by atoms with E-state index < -0.39 is 5.97 Å². The molecule has 0 spiro atoms. The van der Waals surface area contributed by atoms with Gasteiger partial charge in [-0.1, -0.05) is 6.58 Å². The van der Waals surface area contributed by atoms with Crippen molar-refractivity contribution in [2.24, 2.45) is 0 Å². The Hall–Kier alpha value is -0.870. The van der Waals surface area contributed by atoms with Gasteiger partial charge in [-0.15, -0.1) is 0 Å². The number of carboxylic acid groups (broad SMARTS) is 1. The summed E-state index contributed by atoms with van der Waals surface area (Å²) >= 11 is 0. The van der Waals surface area contributed by atoms with Crippen LogP contribution in [0.15, 0.2) is 12.7 Å².